The van der Waals surface area contributed by atoms with Gasteiger partial charge in [0.05, 0.1) is 5.54 Å². The zero-order valence-corrected chi connectivity index (χ0v) is 13.8. The Kier molecular flexibility index (Phi) is 5.79. The lowest BCUT2D eigenvalue weighted by Gasteiger charge is -2.41. The maximum atomic E-state index is 12.0. The van der Waals surface area contributed by atoms with Crippen molar-refractivity contribution in [1.82, 2.24) is 5.32 Å². The van der Waals surface area contributed by atoms with E-state index in [1.54, 1.807) is 0 Å². The summed E-state index contributed by atoms with van der Waals surface area (Å²) in [5, 5.41) is 4.89. The van der Waals surface area contributed by atoms with Gasteiger partial charge in [0.1, 0.15) is 0 Å². The monoisotopic (exact) mass is 298 g/mol. The number of primary amides is 1. The van der Waals surface area contributed by atoms with Crippen LogP contribution in [0.5, 0.6) is 0 Å². The van der Waals surface area contributed by atoms with Crippen LogP contribution in [0.1, 0.15) is 71.6 Å². The summed E-state index contributed by atoms with van der Waals surface area (Å²) in [6, 6.07) is 0.306. The largest absolute Gasteiger partial charge is 0.368 e. The minimum absolute atomic E-state index is 0.153. The third kappa shape index (κ3) is 4.14. The van der Waals surface area contributed by atoms with Crippen molar-refractivity contribution in [3.05, 3.63) is 0 Å². The third-order valence-corrected chi connectivity index (χ3v) is 6.32. The number of carbonyl (C=O) groups excluding carboxylic acids is 1. The highest BCUT2D eigenvalue weighted by Gasteiger charge is 2.42. The molecule has 2 rings (SSSR count). The second-order valence-corrected chi connectivity index (χ2v) is 8.47. The second-order valence-electron chi connectivity index (χ2n) is 6.86. The number of carbonyl (C=O) groups is 1. The van der Waals surface area contributed by atoms with E-state index in [1.165, 1.54) is 38.5 Å². The number of hydrogen-bond acceptors (Lipinski definition) is 3. The molecular weight excluding hydrogens is 268 g/mol. The minimum atomic E-state index is -0.460. The number of nitrogens with two attached hydrogens (primary N) is 1. The van der Waals surface area contributed by atoms with Gasteiger partial charge in [0.2, 0.25) is 5.91 Å². The van der Waals surface area contributed by atoms with Gasteiger partial charge < -0.3 is 11.1 Å². The molecule has 0 aromatic rings. The highest BCUT2D eigenvalue weighted by atomic mass is 32.2. The van der Waals surface area contributed by atoms with E-state index < -0.39 is 5.54 Å². The van der Waals surface area contributed by atoms with E-state index in [1.807, 2.05) is 0 Å². The molecule has 2 aliphatic rings. The molecule has 4 heteroatoms. The average Bonchev–Trinajstić information content (AvgIpc) is 2.39. The van der Waals surface area contributed by atoms with Gasteiger partial charge in [-0.05, 0) is 52.4 Å². The van der Waals surface area contributed by atoms with Gasteiger partial charge in [-0.25, -0.2) is 0 Å². The summed E-state index contributed by atoms with van der Waals surface area (Å²) in [5.74, 6) is -0.153. The van der Waals surface area contributed by atoms with Crippen molar-refractivity contribution in [3.8, 4) is 0 Å². The summed E-state index contributed by atoms with van der Waals surface area (Å²) in [6.45, 7) is 4.20. The molecule has 0 aromatic heterocycles. The van der Waals surface area contributed by atoms with Gasteiger partial charge in [-0.1, -0.05) is 19.3 Å². The lowest BCUT2D eigenvalue weighted by Crippen LogP contribution is -2.60. The van der Waals surface area contributed by atoms with Gasteiger partial charge in [-0.3, -0.25) is 4.79 Å². The first-order chi connectivity index (χ1) is 9.52. The molecule has 116 valence electrons. The Morgan fingerprint density at radius 3 is 2.40 bits per heavy atom. The fourth-order valence-corrected chi connectivity index (χ4v) is 5.63. The molecule has 0 radical (unpaired) electrons. The Labute approximate surface area is 127 Å². The van der Waals surface area contributed by atoms with E-state index in [0.29, 0.717) is 11.3 Å². The van der Waals surface area contributed by atoms with E-state index in [0.717, 1.165) is 24.5 Å². The number of nitrogens with one attached hydrogen (secondary N) is 1. The predicted molar refractivity (Wildman–Crippen MR) is 86.9 cm³/mol. The minimum Gasteiger partial charge on any atom is -0.368 e. The van der Waals surface area contributed by atoms with Crippen LogP contribution in [0.2, 0.25) is 0 Å². The number of thioether (sulfide) groups is 1. The van der Waals surface area contributed by atoms with Crippen molar-refractivity contribution in [3.63, 3.8) is 0 Å². The molecule has 1 amide bonds. The van der Waals surface area contributed by atoms with Gasteiger partial charge in [-0.15, -0.1) is 0 Å². The molecule has 2 aliphatic carbocycles. The molecule has 20 heavy (non-hydrogen) atoms. The van der Waals surface area contributed by atoms with Crippen LogP contribution in [0.25, 0.3) is 0 Å². The summed E-state index contributed by atoms with van der Waals surface area (Å²) in [6.07, 6.45) is 11.1. The van der Waals surface area contributed by atoms with Gasteiger partial charge in [0, 0.05) is 16.5 Å². The third-order valence-electron chi connectivity index (χ3n) is 4.68. The Hall–Kier alpha value is -0.220. The molecule has 0 saturated heterocycles. The fraction of sp³-hybridized carbons (Fsp3) is 0.938. The first-order valence-electron chi connectivity index (χ1n) is 8.25. The maximum absolute atomic E-state index is 12.0. The predicted octanol–water partition coefficient (Wildman–Crippen LogP) is 3.22. The second kappa shape index (κ2) is 7.17. The average molecular weight is 298 g/mol. The Morgan fingerprint density at radius 1 is 1.15 bits per heavy atom. The summed E-state index contributed by atoms with van der Waals surface area (Å²) in [4.78, 5) is 12.0. The van der Waals surface area contributed by atoms with Crippen molar-refractivity contribution in [1.29, 1.82) is 0 Å². The molecule has 3 N–H and O–H groups in total. The zero-order chi connectivity index (χ0) is 14.6. The lowest BCUT2D eigenvalue weighted by atomic mass is 9.80. The molecule has 2 fully saturated rings. The normalized spacial score (nSPS) is 32.5. The maximum Gasteiger partial charge on any atom is 0.237 e. The SMILES string of the molecule is CC(C)NC1(C(N)=O)CCCC(SC2CCCCC2)C1. The molecule has 2 unspecified atom stereocenters. The molecule has 0 aromatic carbocycles. The quantitative estimate of drug-likeness (QED) is 0.819. The molecule has 0 bridgehead atoms. The van der Waals surface area contributed by atoms with Crippen LogP contribution in [0, 0.1) is 0 Å². The van der Waals surface area contributed by atoms with Crippen molar-refractivity contribution in [2.45, 2.75) is 93.7 Å². The topological polar surface area (TPSA) is 55.1 Å². The first kappa shape index (κ1) is 16.2. The van der Waals surface area contributed by atoms with Crippen LogP contribution in [0.15, 0.2) is 0 Å². The molecule has 2 saturated carbocycles. The van der Waals surface area contributed by atoms with E-state index in [-0.39, 0.29) is 5.91 Å². The number of hydrogen-bond donors (Lipinski definition) is 2. The van der Waals surface area contributed by atoms with Gasteiger partial charge in [0.25, 0.3) is 0 Å². The number of rotatable bonds is 5. The van der Waals surface area contributed by atoms with Crippen LogP contribution >= 0.6 is 11.8 Å². The van der Waals surface area contributed by atoms with Crippen LogP contribution in [-0.2, 0) is 4.79 Å². The highest BCUT2D eigenvalue weighted by molar-refractivity contribution is 8.00. The molecular formula is C16H30N2OS. The highest BCUT2D eigenvalue weighted by Crippen LogP contribution is 2.40. The smallest absolute Gasteiger partial charge is 0.237 e. The summed E-state index contributed by atoms with van der Waals surface area (Å²) < 4.78 is 0. The van der Waals surface area contributed by atoms with Gasteiger partial charge >= 0.3 is 0 Å². The van der Waals surface area contributed by atoms with E-state index in [9.17, 15) is 4.79 Å². The van der Waals surface area contributed by atoms with Crippen molar-refractivity contribution >= 4 is 17.7 Å². The standard InChI is InChI=1S/C16H30N2OS/c1-12(2)18-16(15(17)19)10-6-9-14(11-16)20-13-7-4-3-5-8-13/h12-14,18H,3-11H2,1-2H3,(H2,17,19). The van der Waals surface area contributed by atoms with Crippen LogP contribution in [-0.4, -0.2) is 28.0 Å². The van der Waals surface area contributed by atoms with E-state index in [2.05, 4.69) is 30.9 Å². The fourth-order valence-electron chi connectivity index (χ4n) is 3.79. The Balaban J connectivity index is 1.96. The summed E-state index contributed by atoms with van der Waals surface area (Å²) >= 11 is 2.14. The van der Waals surface area contributed by atoms with Gasteiger partial charge in [0.15, 0.2) is 0 Å². The molecule has 2 atom stereocenters. The van der Waals surface area contributed by atoms with E-state index >= 15 is 0 Å². The van der Waals surface area contributed by atoms with Crippen molar-refractivity contribution < 1.29 is 4.79 Å². The van der Waals surface area contributed by atoms with Gasteiger partial charge in [-0.2, -0.15) is 11.8 Å². The lowest BCUT2D eigenvalue weighted by molar-refractivity contribution is -0.126. The van der Waals surface area contributed by atoms with Crippen LogP contribution in [0.3, 0.4) is 0 Å². The molecule has 0 spiro atoms. The Bertz CT molecular complexity index is 328. The zero-order valence-electron chi connectivity index (χ0n) is 13.0. The van der Waals surface area contributed by atoms with Crippen molar-refractivity contribution in [2.24, 2.45) is 5.73 Å². The summed E-state index contributed by atoms with van der Waals surface area (Å²) in [7, 11) is 0. The molecule has 3 nitrogen and oxygen atoms in total. The van der Waals surface area contributed by atoms with Crippen LogP contribution < -0.4 is 11.1 Å². The van der Waals surface area contributed by atoms with Crippen LogP contribution in [0.4, 0.5) is 0 Å². The molecule has 0 aliphatic heterocycles. The summed E-state index contributed by atoms with van der Waals surface area (Å²) in [5.41, 5.74) is 5.28. The first-order valence-corrected chi connectivity index (χ1v) is 9.19. The number of amides is 1. The van der Waals surface area contributed by atoms with E-state index in [4.69, 9.17) is 5.73 Å². The molecule has 0 heterocycles. The Morgan fingerprint density at radius 2 is 1.80 bits per heavy atom. The van der Waals surface area contributed by atoms with Crippen molar-refractivity contribution in [2.75, 3.05) is 0 Å².